The fraction of sp³-hybridized carbons (Fsp3) is 0.167. The minimum absolute atomic E-state index is 0. The fourth-order valence-corrected chi connectivity index (χ4v) is 0.999. The molecule has 3 N–H and O–H groups in total. The van der Waals surface area contributed by atoms with Gasteiger partial charge in [-0.15, -0.1) is 0 Å². The number of halogens is 1. The molecular weight excluding hydrogens is 178 g/mol. The Kier molecular flexibility index (Phi) is 2.14. The van der Waals surface area contributed by atoms with Crippen LogP contribution >= 0.6 is 11.6 Å². The molecule has 2 heterocycles. The van der Waals surface area contributed by atoms with E-state index in [1.54, 1.807) is 0 Å². The lowest BCUT2D eigenvalue weighted by Crippen LogP contribution is -1.93. The van der Waals surface area contributed by atoms with Crippen LogP contribution in [0.25, 0.3) is 11.2 Å². The van der Waals surface area contributed by atoms with Gasteiger partial charge in [0.2, 0.25) is 5.28 Å². The van der Waals surface area contributed by atoms with Gasteiger partial charge >= 0.3 is 0 Å². The van der Waals surface area contributed by atoms with Crippen molar-refractivity contribution in [2.45, 2.75) is 7.43 Å². The van der Waals surface area contributed by atoms with Crippen LogP contribution < -0.4 is 5.73 Å². The molecule has 0 fully saturated rings. The Hall–Kier alpha value is -1.36. The zero-order valence-corrected chi connectivity index (χ0v) is 6.13. The summed E-state index contributed by atoms with van der Waals surface area (Å²) in [5.74, 6) is 0.317. The molecule has 0 unspecified atom stereocenters. The van der Waals surface area contributed by atoms with E-state index in [4.69, 9.17) is 17.3 Å². The predicted molar refractivity (Wildman–Crippen MR) is 47.8 cm³/mol. The standard InChI is InChI=1S/C5H4ClN5.CH4/c6-5-10-3(7)2-4(11-5)9-1-8-2;/h1H,(H3,7,8,9,10,11);1H4. The molecule has 0 saturated carbocycles. The van der Waals surface area contributed by atoms with E-state index in [1.807, 2.05) is 0 Å². The second-order valence-electron chi connectivity index (χ2n) is 1.98. The van der Waals surface area contributed by atoms with Gasteiger partial charge in [-0.25, -0.2) is 4.98 Å². The topological polar surface area (TPSA) is 80.5 Å². The Bertz CT molecular complexity index is 396. The smallest absolute Gasteiger partial charge is 0.226 e. The molecular formula is C6H8ClN5. The first kappa shape index (κ1) is 8.73. The number of nitrogens with two attached hydrogens (primary N) is 1. The van der Waals surface area contributed by atoms with Gasteiger partial charge in [-0.1, -0.05) is 7.43 Å². The Morgan fingerprint density at radius 2 is 2.17 bits per heavy atom. The first-order valence-corrected chi connectivity index (χ1v) is 3.27. The summed E-state index contributed by atoms with van der Waals surface area (Å²) < 4.78 is 0. The summed E-state index contributed by atoms with van der Waals surface area (Å²) in [6.07, 6.45) is 1.49. The van der Waals surface area contributed by atoms with Crippen molar-refractivity contribution in [3.05, 3.63) is 11.6 Å². The zero-order chi connectivity index (χ0) is 7.84. The molecule has 0 aliphatic carbocycles. The van der Waals surface area contributed by atoms with Crippen molar-refractivity contribution >= 4 is 28.6 Å². The van der Waals surface area contributed by atoms with Crippen LogP contribution in [0.3, 0.4) is 0 Å². The van der Waals surface area contributed by atoms with Gasteiger partial charge in [0.25, 0.3) is 0 Å². The lowest BCUT2D eigenvalue weighted by Gasteiger charge is -1.92. The van der Waals surface area contributed by atoms with Gasteiger partial charge in [-0.05, 0) is 11.6 Å². The number of aromatic nitrogens is 4. The summed E-state index contributed by atoms with van der Waals surface area (Å²) in [6.45, 7) is 0. The first-order chi connectivity index (χ1) is 5.27. The van der Waals surface area contributed by atoms with E-state index < -0.39 is 0 Å². The van der Waals surface area contributed by atoms with Crippen LogP contribution in [0.15, 0.2) is 6.33 Å². The maximum Gasteiger partial charge on any atom is 0.226 e. The average molecular weight is 186 g/mol. The monoisotopic (exact) mass is 185 g/mol. The van der Waals surface area contributed by atoms with Crippen molar-refractivity contribution in [3.63, 3.8) is 0 Å². The minimum atomic E-state index is 0. The highest BCUT2D eigenvalue weighted by Crippen LogP contribution is 2.14. The number of H-pyrrole nitrogens is 1. The third kappa shape index (κ3) is 1.18. The summed E-state index contributed by atoms with van der Waals surface area (Å²) in [5.41, 5.74) is 6.60. The van der Waals surface area contributed by atoms with Gasteiger partial charge in [0.1, 0.15) is 5.52 Å². The lowest BCUT2D eigenvalue weighted by molar-refractivity contribution is 1.21. The highest BCUT2D eigenvalue weighted by atomic mass is 35.5. The molecule has 0 amide bonds. The normalized spacial score (nSPS) is 9.75. The maximum absolute atomic E-state index is 5.52. The third-order valence-electron chi connectivity index (χ3n) is 1.29. The highest BCUT2D eigenvalue weighted by Gasteiger charge is 2.03. The van der Waals surface area contributed by atoms with Gasteiger partial charge in [-0.2, -0.15) is 9.97 Å². The SMILES string of the molecule is C.Nc1nc(Cl)nc2nc[nH]c12. The number of imidazole rings is 1. The molecule has 0 atom stereocenters. The fourth-order valence-electron chi connectivity index (χ4n) is 0.828. The molecule has 2 aromatic heterocycles. The van der Waals surface area contributed by atoms with Gasteiger partial charge in [0.15, 0.2) is 11.5 Å². The summed E-state index contributed by atoms with van der Waals surface area (Å²) in [5, 5.41) is 0.113. The quantitative estimate of drug-likeness (QED) is 0.605. The number of nitrogen functional groups attached to an aromatic ring is 1. The van der Waals surface area contributed by atoms with Crippen LogP contribution in [0.1, 0.15) is 7.43 Å². The lowest BCUT2D eigenvalue weighted by atomic mass is 10.5. The van der Waals surface area contributed by atoms with E-state index in [0.29, 0.717) is 17.0 Å². The molecule has 64 valence electrons. The number of hydrogen-bond donors (Lipinski definition) is 2. The number of fused-ring (bicyclic) bond motifs is 1. The predicted octanol–water partition coefficient (Wildman–Crippen LogP) is 1.22. The molecule has 2 rings (SSSR count). The molecule has 0 bridgehead atoms. The molecule has 0 radical (unpaired) electrons. The molecule has 5 nitrogen and oxygen atoms in total. The molecule has 0 aromatic carbocycles. The molecule has 12 heavy (non-hydrogen) atoms. The molecule has 6 heteroatoms. The summed E-state index contributed by atoms with van der Waals surface area (Å²) >= 11 is 5.52. The summed E-state index contributed by atoms with van der Waals surface area (Å²) in [7, 11) is 0. The second-order valence-corrected chi connectivity index (χ2v) is 2.32. The van der Waals surface area contributed by atoms with Crippen molar-refractivity contribution in [2.75, 3.05) is 5.73 Å². The Balaban J connectivity index is 0.000000720. The number of nitrogens with one attached hydrogen (secondary N) is 1. The van der Waals surface area contributed by atoms with Crippen molar-refractivity contribution in [1.82, 2.24) is 19.9 Å². The number of nitrogens with zero attached hydrogens (tertiary/aromatic N) is 3. The summed E-state index contributed by atoms with van der Waals surface area (Å²) in [4.78, 5) is 14.2. The van der Waals surface area contributed by atoms with Crippen molar-refractivity contribution in [1.29, 1.82) is 0 Å². The van der Waals surface area contributed by atoms with E-state index in [1.165, 1.54) is 6.33 Å². The van der Waals surface area contributed by atoms with Gasteiger partial charge in [-0.3, -0.25) is 0 Å². The molecule has 0 saturated heterocycles. The van der Waals surface area contributed by atoms with E-state index in [2.05, 4.69) is 19.9 Å². The van der Waals surface area contributed by atoms with Crippen LogP contribution in [-0.4, -0.2) is 19.9 Å². The Labute approximate surface area is 74.0 Å². The first-order valence-electron chi connectivity index (χ1n) is 2.89. The van der Waals surface area contributed by atoms with Crippen molar-refractivity contribution < 1.29 is 0 Å². The molecule has 0 aliphatic rings. The second kappa shape index (κ2) is 2.94. The van der Waals surface area contributed by atoms with Gasteiger partial charge < -0.3 is 10.7 Å². The number of rotatable bonds is 0. The maximum atomic E-state index is 5.52. The van der Waals surface area contributed by atoms with E-state index in [9.17, 15) is 0 Å². The molecule has 0 spiro atoms. The van der Waals surface area contributed by atoms with Crippen LogP contribution in [0.5, 0.6) is 0 Å². The highest BCUT2D eigenvalue weighted by molar-refractivity contribution is 6.28. The molecule has 2 aromatic rings. The van der Waals surface area contributed by atoms with E-state index in [0.717, 1.165) is 0 Å². The van der Waals surface area contributed by atoms with Gasteiger partial charge in [0.05, 0.1) is 6.33 Å². The van der Waals surface area contributed by atoms with Crippen LogP contribution in [0, 0.1) is 0 Å². The van der Waals surface area contributed by atoms with Gasteiger partial charge in [0, 0.05) is 0 Å². The number of anilines is 1. The average Bonchev–Trinajstić information content (AvgIpc) is 2.34. The largest absolute Gasteiger partial charge is 0.382 e. The van der Waals surface area contributed by atoms with E-state index in [-0.39, 0.29) is 12.7 Å². The van der Waals surface area contributed by atoms with Crippen LogP contribution in [0.4, 0.5) is 5.82 Å². The molecule has 0 aliphatic heterocycles. The zero-order valence-electron chi connectivity index (χ0n) is 5.37. The summed E-state index contributed by atoms with van der Waals surface area (Å²) in [6, 6.07) is 0. The van der Waals surface area contributed by atoms with Crippen molar-refractivity contribution in [2.24, 2.45) is 0 Å². The Morgan fingerprint density at radius 3 is 2.92 bits per heavy atom. The van der Waals surface area contributed by atoms with Crippen LogP contribution in [0.2, 0.25) is 5.28 Å². The van der Waals surface area contributed by atoms with Crippen molar-refractivity contribution in [3.8, 4) is 0 Å². The minimum Gasteiger partial charge on any atom is -0.382 e. The third-order valence-corrected chi connectivity index (χ3v) is 1.46. The number of aromatic amines is 1. The Morgan fingerprint density at radius 1 is 1.42 bits per heavy atom. The number of hydrogen-bond acceptors (Lipinski definition) is 4. The van der Waals surface area contributed by atoms with E-state index >= 15 is 0 Å². The van der Waals surface area contributed by atoms with Crippen LogP contribution in [-0.2, 0) is 0 Å².